The molecule has 29 heavy (non-hydrogen) atoms. The van der Waals surface area contributed by atoms with Crippen molar-refractivity contribution < 1.29 is 0 Å². The van der Waals surface area contributed by atoms with Crippen LogP contribution in [0.15, 0.2) is 77.6 Å². The topological polar surface area (TPSA) is 47.3 Å². The molecule has 0 fully saturated rings. The predicted molar refractivity (Wildman–Crippen MR) is 120 cm³/mol. The maximum atomic E-state index is 13.4. The molecule has 0 N–H and O–H groups in total. The van der Waals surface area contributed by atoms with Gasteiger partial charge in [0.05, 0.1) is 16.1 Å². The van der Waals surface area contributed by atoms with Gasteiger partial charge in [-0.25, -0.2) is 9.97 Å². The van der Waals surface area contributed by atoms with Crippen molar-refractivity contribution in [3.05, 3.63) is 88.0 Å². The number of halogens is 1. The fraction of sp³-hybridized carbons (Fsp3) is 0. The van der Waals surface area contributed by atoms with Gasteiger partial charge in [-0.1, -0.05) is 48.0 Å². The Morgan fingerprint density at radius 2 is 1.62 bits per heavy atom. The molecule has 3 heterocycles. The van der Waals surface area contributed by atoms with Crippen molar-refractivity contribution in [3.63, 3.8) is 0 Å². The van der Waals surface area contributed by atoms with Crippen LogP contribution in [0.3, 0.4) is 0 Å². The minimum atomic E-state index is -0.0483. The maximum absolute atomic E-state index is 13.4. The molecule has 0 saturated carbocycles. The largest absolute Gasteiger partial charge is 0.288 e. The molecule has 138 valence electrons. The van der Waals surface area contributed by atoms with Gasteiger partial charge in [0.15, 0.2) is 5.65 Å². The quantitative estimate of drug-likeness (QED) is 0.314. The lowest BCUT2D eigenvalue weighted by Crippen LogP contribution is -2.07. The minimum absolute atomic E-state index is 0.0483. The molecule has 3 aromatic carbocycles. The van der Waals surface area contributed by atoms with E-state index in [0.29, 0.717) is 32.1 Å². The Kier molecular flexibility index (Phi) is 3.51. The van der Waals surface area contributed by atoms with Gasteiger partial charge in [0.1, 0.15) is 16.0 Å². The summed E-state index contributed by atoms with van der Waals surface area (Å²) in [5, 5.41) is 1.83. The third-order valence-electron chi connectivity index (χ3n) is 5.10. The molecule has 0 unspecified atom stereocenters. The molecule has 6 heteroatoms. The Morgan fingerprint density at radius 1 is 0.862 bits per heavy atom. The molecular formula is C23H12ClN3OS. The summed E-state index contributed by atoms with van der Waals surface area (Å²) in [6, 6.07) is 23.0. The van der Waals surface area contributed by atoms with Gasteiger partial charge >= 0.3 is 0 Å². The minimum Gasteiger partial charge on any atom is -0.288 e. The average molecular weight is 414 g/mol. The summed E-state index contributed by atoms with van der Waals surface area (Å²) >= 11 is 8.02. The van der Waals surface area contributed by atoms with E-state index >= 15 is 0 Å². The van der Waals surface area contributed by atoms with Crippen LogP contribution in [0.25, 0.3) is 48.4 Å². The lowest BCUT2D eigenvalue weighted by molar-refractivity contribution is 1.17. The van der Waals surface area contributed by atoms with E-state index in [-0.39, 0.29) is 5.43 Å². The molecule has 0 atom stereocenters. The number of hydrogen-bond donors (Lipinski definition) is 0. The molecule has 0 spiro atoms. The first-order valence-electron chi connectivity index (χ1n) is 9.10. The van der Waals surface area contributed by atoms with E-state index in [1.165, 1.54) is 11.3 Å². The molecular weight excluding hydrogens is 402 g/mol. The van der Waals surface area contributed by atoms with Crippen LogP contribution in [0.5, 0.6) is 0 Å². The molecule has 0 amide bonds. The number of para-hydroxylation sites is 2. The summed E-state index contributed by atoms with van der Waals surface area (Å²) in [6.45, 7) is 0. The Morgan fingerprint density at radius 3 is 2.52 bits per heavy atom. The molecule has 0 bridgehead atoms. The summed E-state index contributed by atoms with van der Waals surface area (Å²) in [5.41, 5.74) is 3.07. The zero-order chi connectivity index (χ0) is 19.5. The van der Waals surface area contributed by atoms with Crippen molar-refractivity contribution in [1.82, 2.24) is 14.4 Å². The zero-order valence-corrected chi connectivity index (χ0v) is 16.5. The first kappa shape index (κ1) is 16.7. The van der Waals surface area contributed by atoms with Crippen LogP contribution in [0.2, 0.25) is 5.02 Å². The van der Waals surface area contributed by atoms with Crippen LogP contribution in [-0.4, -0.2) is 14.4 Å². The Balaban J connectivity index is 1.93. The SMILES string of the molecule is O=c1c2ccccc2sc2nc(-c3ccccc3Cl)n3c4ccccc4nc3c12. The van der Waals surface area contributed by atoms with Gasteiger partial charge in [0.25, 0.3) is 0 Å². The van der Waals surface area contributed by atoms with Crippen molar-refractivity contribution in [2.24, 2.45) is 0 Å². The second kappa shape index (κ2) is 6.11. The molecule has 4 nitrogen and oxygen atoms in total. The van der Waals surface area contributed by atoms with Crippen LogP contribution >= 0.6 is 22.9 Å². The van der Waals surface area contributed by atoms with Gasteiger partial charge in [0.2, 0.25) is 5.43 Å². The smallest absolute Gasteiger partial charge is 0.201 e. The molecule has 6 rings (SSSR count). The highest BCUT2D eigenvalue weighted by Gasteiger charge is 2.20. The molecule has 3 aromatic heterocycles. The van der Waals surface area contributed by atoms with Crippen LogP contribution in [0.4, 0.5) is 0 Å². The number of benzene rings is 3. The lowest BCUT2D eigenvalue weighted by Gasteiger charge is -2.10. The van der Waals surface area contributed by atoms with E-state index in [1.807, 2.05) is 77.2 Å². The summed E-state index contributed by atoms with van der Waals surface area (Å²) in [5.74, 6) is 0.678. The van der Waals surface area contributed by atoms with Crippen molar-refractivity contribution >= 4 is 59.9 Å². The monoisotopic (exact) mass is 413 g/mol. The third-order valence-corrected chi connectivity index (χ3v) is 6.49. The van der Waals surface area contributed by atoms with Gasteiger partial charge in [0, 0.05) is 15.6 Å². The fourth-order valence-corrected chi connectivity index (χ4v) is 5.05. The van der Waals surface area contributed by atoms with Gasteiger partial charge in [-0.2, -0.15) is 0 Å². The highest BCUT2D eigenvalue weighted by Crippen LogP contribution is 2.34. The number of fused-ring (bicyclic) bond motifs is 6. The van der Waals surface area contributed by atoms with E-state index < -0.39 is 0 Å². The van der Waals surface area contributed by atoms with Crippen molar-refractivity contribution in [2.45, 2.75) is 0 Å². The number of nitrogens with zero attached hydrogens (tertiary/aromatic N) is 3. The van der Waals surface area contributed by atoms with Gasteiger partial charge in [-0.15, -0.1) is 11.3 Å². The molecule has 0 radical (unpaired) electrons. The molecule has 0 aliphatic rings. The fourth-order valence-electron chi connectivity index (χ4n) is 3.78. The standard InChI is InChI=1S/C23H12ClN3OS/c24-15-9-3-1-7-13(15)21-26-23-19(20(28)14-8-2-6-12-18(14)29-23)22-25-16-10-4-5-11-17(16)27(21)22/h1-12H. The van der Waals surface area contributed by atoms with E-state index in [0.717, 1.165) is 21.3 Å². The maximum Gasteiger partial charge on any atom is 0.201 e. The summed E-state index contributed by atoms with van der Waals surface area (Å²) in [7, 11) is 0. The van der Waals surface area contributed by atoms with Crippen LogP contribution in [0, 0.1) is 0 Å². The van der Waals surface area contributed by atoms with E-state index in [4.69, 9.17) is 21.6 Å². The van der Waals surface area contributed by atoms with E-state index in [9.17, 15) is 4.79 Å². The normalized spacial score (nSPS) is 11.8. The lowest BCUT2D eigenvalue weighted by atomic mass is 10.2. The van der Waals surface area contributed by atoms with Crippen molar-refractivity contribution in [3.8, 4) is 11.4 Å². The highest BCUT2D eigenvalue weighted by molar-refractivity contribution is 7.24. The summed E-state index contributed by atoms with van der Waals surface area (Å²) in [4.78, 5) is 23.8. The van der Waals surface area contributed by atoms with Gasteiger partial charge < -0.3 is 0 Å². The van der Waals surface area contributed by atoms with Crippen molar-refractivity contribution in [1.29, 1.82) is 0 Å². The number of imidazole rings is 1. The highest BCUT2D eigenvalue weighted by atomic mass is 35.5. The van der Waals surface area contributed by atoms with Crippen LogP contribution < -0.4 is 5.43 Å². The van der Waals surface area contributed by atoms with E-state index in [2.05, 4.69) is 0 Å². The first-order chi connectivity index (χ1) is 14.2. The molecule has 6 aromatic rings. The summed E-state index contributed by atoms with van der Waals surface area (Å²) < 4.78 is 2.85. The van der Waals surface area contributed by atoms with Crippen molar-refractivity contribution in [2.75, 3.05) is 0 Å². The predicted octanol–water partition coefficient (Wildman–Crippen LogP) is 5.93. The number of aromatic nitrogens is 3. The van der Waals surface area contributed by atoms with Crippen LogP contribution in [0.1, 0.15) is 0 Å². The Bertz CT molecular complexity index is 1650. The summed E-state index contributed by atoms with van der Waals surface area (Å²) in [6.07, 6.45) is 0. The Hall–Kier alpha value is -3.28. The van der Waals surface area contributed by atoms with E-state index in [1.54, 1.807) is 0 Å². The average Bonchev–Trinajstić information content (AvgIpc) is 3.13. The molecule has 0 aliphatic heterocycles. The number of hydrogen-bond acceptors (Lipinski definition) is 4. The van der Waals surface area contributed by atoms with Crippen LogP contribution in [-0.2, 0) is 0 Å². The number of rotatable bonds is 1. The Labute approximate surface area is 173 Å². The zero-order valence-electron chi connectivity index (χ0n) is 15.0. The third kappa shape index (κ3) is 2.35. The second-order valence-electron chi connectivity index (χ2n) is 6.78. The first-order valence-corrected chi connectivity index (χ1v) is 10.3. The second-order valence-corrected chi connectivity index (χ2v) is 8.22. The molecule has 0 saturated heterocycles. The van der Waals surface area contributed by atoms with Gasteiger partial charge in [-0.05, 0) is 36.4 Å². The molecule has 0 aliphatic carbocycles. The van der Waals surface area contributed by atoms with Gasteiger partial charge in [-0.3, -0.25) is 9.20 Å².